The van der Waals surface area contributed by atoms with Crippen LogP contribution in [0.1, 0.15) is 6.92 Å². The van der Waals surface area contributed by atoms with Crippen molar-refractivity contribution in [1.29, 1.82) is 0 Å². The molecule has 0 aliphatic heterocycles. The van der Waals surface area contributed by atoms with Crippen LogP contribution in [0.25, 0.3) is 20.1 Å². The maximum absolute atomic E-state index is 12.4. The first kappa shape index (κ1) is 22.6. The smallest absolute Gasteiger partial charge is 0.326 e. The summed E-state index contributed by atoms with van der Waals surface area (Å²) >= 11 is 2.77. The van der Waals surface area contributed by atoms with Gasteiger partial charge in [-0.2, -0.15) is 13.2 Å². The number of azo groups is 1. The minimum Gasteiger partial charge on any atom is -0.326 e. The van der Waals surface area contributed by atoms with Gasteiger partial charge < -0.3 is 10.6 Å². The van der Waals surface area contributed by atoms with Crippen LogP contribution in [0.5, 0.6) is 0 Å². The van der Waals surface area contributed by atoms with Crippen LogP contribution < -0.4 is 10.6 Å². The van der Waals surface area contributed by atoms with Gasteiger partial charge in [-0.05, 0) is 54.6 Å². The number of fused-ring (bicyclic) bond motifs is 1. The van der Waals surface area contributed by atoms with Crippen LogP contribution in [-0.2, 0) is 9.59 Å². The minimum atomic E-state index is -4.94. The van der Waals surface area contributed by atoms with E-state index in [-0.39, 0.29) is 11.6 Å². The number of rotatable bonds is 5. The van der Waals surface area contributed by atoms with E-state index in [1.54, 1.807) is 36.4 Å². The van der Waals surface area contributed by atoms with E-state index in [2.05, 4.69) is 20.5 Å². The zero-order chi connectivity index (χ0) is 23.6. The Hall–Kier alpha value is -3.64. The third-order valence-corrected chi connectivity index (χ3v) is 6.27. The Bertz CT molecular complexity index is 1310. The number of nitrogens with zero attached hydrogens (tertiary/aromatic N) is 3. The van der Waals surface area contributed by atoms with E-state index in [1.165, 1.54) is 41.7 Å². The predicted molar refractivity (Wildman–Crippen MR) is 123 cm³/mol. The lowest BCUT2D eigenvalue weighted by atomic mass is 10.2. The average molecular weight is 490 g/mol. The van der Waals surface area contributed by atoms with Crippen molar-refractivity contribution in [1.82, 2.24) is 4.98 Å². The zero-order valence-corrected chi connectivity index (χ0v) is 18.4. The molecule has 0 saturated heterocycles. The van der Waals surface area contributed by atoms with Gasteiger partial charge in [-0.3, -0.25) is 9.59 Å². The lowest BCUT2D eigenvalue weighted by Crippen LogP contribution is -2.29. The SMILES string of the molecule is CC(=O)Nc1ccc(N=Nc2cc3sc(-c4ccc(NC(=O)C(F)(F)F)cc4)nc3s2)cc1. The molecule has 0 radical (unpaired) electrons. The number of carbonyl (C=O) groups is 2. The molecule has 0 saturated carbocycles. The number of alkyl halides is 3. The molecule has 0 unspecified atom stereocenters. The van der Waals surface area contributed by atoms with Gasteiger partial charge in [0.05, 0.1) is 10.4 Å². The first-order chi connectivity index (χ1) is 15.7. The van der Waals surface area contributed by atoms with E-state index in [0.717, 1.165) is 15.1 Å². The summed E-state index contributed by atoms with van der Waals surface area (Å²) in [6, 6.07) is 14.8. The van der Waals surface area contributed by atoms with Crippen LogP contribution in [0, 0.1) is 0 Å². The summed E-state index contributed by atoms with van der Waals surface area (Å²) in [5.74, 6) is -2.17. The summed E-state index contributed by atoms with van der Waals surface area (Å²) in [5, 5.41) is 14.3. The van der Waals surface area contributed by atoms with Crippen molar-refractivity contribution in [2.75, 3.05) is 10.6 Å². The van der Waals surface area contributed by atoms with Gasteiger partial charge >= 0.3 is 12.1 Å². The quantitative estimate of drug-likeness (QED) is 0.299. The van der Waals surface area contributed by atoms with E-state index < -0.39 is 12.1 Å². The predicted octanol–water partition coefficient (Wildman–Crippen LogP) is 6.90. The molecule has 33 heavy (non-hydrogen) atoms. The third-order valence-electron chi connectivity index (χ3n) is 4.18. The molecular formula is C21H14F3N5O2S2. The summed E-state index contributed by atoms with van der Waals surface area (Å²) in [4.78, 5) is 27.4. The number of hydrogen-bond donors (Lipinski definition) is 2. The largest absolute Gasteiger partial charge is 0.471 e. The van der Waals surface area contributed by atoms with Crippen LogP contribution >= 0.6 is 22.7 Å². The van der Waals surface area contributed by atoms with Crippen LogP contribution in [0.2, 0.25) is 0 Å². The Morgan fingerprint density at radius 3 is 2.15 bits per heavy atom. The zero-order valence-electron chi connectivity index (χ0n) is 16.8. The van der Waals surface area contributed by atoms with E-state index in [0.29, 0.717) is 21.4 Å². The normalized spacial score (nSPS) is 11.8. The average Bonchev–Trinajstić information content (AvgIpc) is 3.32. The number of amides is 2. The van der Waals surface area contributed by atoms with E-state index >= 15 is 0 Å². The molecule has 2 N–H and O–H groups in total. The van der Waals surface area contributed by atoms with Crippen LogP contribution in [-0.4, -0.2) is 23.0 Å². The maximum atomic E-state index is 12.4. The number of hydrogen-bond acceptors (Lipinski definition) is 7. The Kier molecular flexibility index (Phi) is 6.20. The summed E-state index contributed by atoms with van der Waals surface area (Å²) in [5.41, 5.74) is 2.07. The van der Waals surface area contributed by atoms with Crippen molar-refractivity contribution in [2.24, 2.45) is 10.2 Å². The van der Waals surface area contributed by atoms with Gasteiger partial charge in [0.25, 0.3) is 0 Å². The van der Waals surface area contributed by atoms with Gasteiger partial charge in [0.1, 0.15) is 14.8 Å². The lowest BCUT2D eigenvalue weighted by Gasteiger charge is -2.07. The van der Waals surface area contributed by atoms with Gasteiger partial charge in [-0.1, -0.05) is 11.3 Å². The Morgan fingerprint density at radius 2 is 1.55 bits per heavy atom. The fourth-order valence-electron chi connectivity index (χ4n) is 2.72. The standard InChI is InChI=1S/C21H14F3N5O2S2/c1-11(30)25-13-6-8-15(9-7-13)28-29-17-10-16-19(33-17)27-18(32-16)12-2-4-14(5-3-12)26-20(31)21(22,23)24/h2-10H,1H3,(H,25,30)(H,26,31). The Labute approximate surface area is 193 Å². The highest BCUT2D eigenvalue weighted by molar-refractivity contribution is 7.30. The van der Waals surface area contributed by atoms with Crippen molar-refractivity contribution in [3.05, 3.63) is 54.6 Å². The number of thiophene rings is 1. The molecule has 2 heterocycles. The second-order valence-corrected chi connectivity index (χ2v) is 8.77. The van der Waals surface area contributed by atoms with Gasteiger partial charge in [-0.15, -0.1) is 21.6 Å². The molecule has 0 atom stereocenters. The summed E-state index contributed by atoms with van der Waals surface area (Å²) in [6.07, 6.45) is -4.94. The van der Waals surface area contributed by atoms with Gasteiger partial charge in [0.2, 0.25) is 5.91 Å². The molecule has 0 fully saturated rings. The fourth-order valence-corrected chi connectivity index (χ4v) is 4.75. The lowest BCUT2D eigenvalue weighted by molar-refractivity contribution is -0.167. The molecule has 4 aromatic rings. The van der Waals surface area contributed by atoms with Crippen molar-refractivity contribution >= 4 is 66.1 Å². The molecule has 0 spiro atoms. The maximum Gasteiger partial charge on any atom is 0.471 e. The second-order valence-electron chi connectivity index (χ2n) is 6.73. The van der Waals surface area contributed by atoms with E-state index in [4.69, 9.17) is 0 Å². The number of thiazole rings is 1. The molecule has 2 amide bonds. The van der Waals surface area contributed by atoms with Crippen molar-refractivity contribution in [3.63, 3.8) is 0 Å². The molecule has 0 aliphatic rings. The van der Waals surface area contributed by atoms with Crippen LogP contribution in [0.15, 0.2) is 64.8 Å². The number of benzene rings is 2. The third kappa shape index (κ3) is 5.59. The van der Waals surface area contributed by atoms with E-state index in [1.807, 2.05) is 11.4 Å². The number of carbonyl (C=O) groups excluding carboxylic acids is 2. The first-order valence-electron chi connectivity index (χ1n) is 9.36. The number of aromatic nitrogens is 1. The van der Waals surface area contributed by atoms with Crippen LogP contribution in [0.4, 0.5) is 35.2 Å². The molecule has 0 aliphatic carbocycles. The van der Waals surface area contributed by atoms with Gasteiger partial charge in [-0.25, -0.2) is 4.98 Å². The topological polar surface area (TPSA) is 95.8 Å². The monoisotopic (exact) mass is 489 g/mol. The molecule has 7 nitrogen and oxygen atoms in total. The number of halogens is 3. The fraction of sp³-hybridized carbons (Fsp3) is 0.0952. The molecular weight excluding hydrogens is 475 g/mol. The van der Waals surface area contributed by atoms with Crippen molar-refractivity contribution < 1.29 is 22.8 Å². The molecule has 0 bridgehead atoms. The summed E-state index contributed by atoms with van der Waals surface area (Å²) in [6.45, 7) is 1.43. The van der Waals surface area contributed by atoms with E-state index in [9.17, 15) is 22.8 Å². The number of nitrogens with one attached hydrogen (secondary N) is 2. The Balaban J connectivity index is 1.44. The Morgan fingerprint density at radius 1 is 0.909 bits per heavy atom. The molecule has 2 aromatic carbocycles. The summed E-state index contributed by atoms with van der Waals surface area (Å²) < 4.78 is 38.0. The highest BCUT2D eigenvalue weighted by atomic mass is 32.1. The highest BCUT2D eigenvalue weighted by Gasteiger charge is 2.38. The second kappa shape index (κ2) is 9.08. The number of anilines is 2. The van der Waals surface area contributed by atoms with Crippen LogP contribution in [0.3, 0.4) is 0 Å². The minimum absolute atomic E-state index is 0.0484. The molecule has 168 valence electrons. The summed E-state index contributed by atoms with van der Waals surface area (Å²) in [7, 11) is 0. The molecule has 12 heteroatoms. The molecule has 4 rings (SSSR count). The highest BCUT2D eigenvalue weighted by Crippen LogP contribution is 2.39. The van der Waals surface area contributed by atoms with Crippen molar-refractivity contribution in [2.45, 2.75) is 13.1 Å². The van der Waals surface area contributed by atoms with Crippen molar-refractivity contribution in [3.8, 4) is 10.6 Å². The van der Waals surface area contributed by atoms with Gasteiger partial charge in [0, 0.05) is 23.9 Å². The molecule has 2 aromatic heterocycles. The first-order valence-corrected chi connectivity index (χ1v) is 11.0. The van der Waals surface area contributed by atoms with Gasteiger partial charge in [0.15, 0.2) is 0 Å².